The Hall–Kier alpha value is -1.30. The molecule has 1 aromatic carbocycles. The second-order valence-electron chi connectivity index (χ2n) is 4.59. The molecule has 0 bridgehead atoms. The van der Waals surface area contributed by atoms with Gasteiger partial charge in [-0.25, -0.2) is 0 Å². The van der Waals surface area contributed by atoms with E-state index in [0.717, 1.165) is 24.3 Å². The van der Waals surface area contributed by atoms with Crippen LogP contribution in [0.4, 0.5) is 11.4 Å². The van der Waals surface area contributed by atoms with Gasteiger partial charge in [0.15, 0.2) is 0 Å². The van der Waals surface area contributed by atoms with Crippen LogP contribution in [0.25, 0.3) is 0 Å². The van der Waals surface area contributed by atoms with Crippen LogP contribution >= 0.6 is 0 Å². The number of hydrogen-bond donors (Lipinski definition) is 5. The molecule has 5 nitrogen and oxygen atoms in total. The van der Waals surface area contributed by atoms with Crippen molar-refractivity contribution in [3.05, 3.63) is 23.8 Å². The summed E-state index contributed by atoms with van der Waals surface area (Å²) < 4.78 is 0. The minimum absolute atomic E-state index is 0.113. The van der Waals surface area contributed by atoms with Crippen LogP contribution in [0.5, 0.6) is 0 Å². The molecule has 0 spiro atoms. The van der Waals surface area contributed by atoms with Gasteiger partial charge in [0.05, 0.1) is 12.1 Å². The number of nitrogen functional groups attached to an aromatic ring is 1. The van der Waals surface area contributed by atoms with Crippen LogP contribution in [0.15, 0.2) is 18.2 Å². The van der Waals surface area contributed by atoms with Crippen molar-refractivity contribution in [1.29, 1.82) is 0 Å². The van der Waals surface area contributed by atoms with Crippen molar-refractivity contribution in [3.63, 3.8) is 0 Å². The first-order valence-corrected chi connectivity index (χ1v) is 5.88. The molecule has 1 aliphatic rings. The quantitative estimate of drug-likeness (QED) is 0.477. The number of benzene rings is 1. The third-order valence-electron chi connectivity index (χ3n) is 3.15. The molecule has 7 N–H and O–H groups in total. The van der Waals surface area contributed by atoms with Gasteiger partial charge in [-0.1, -0.05) is 0 Å². The smallest absolute Gasteiger partial charge is 0.0782 e. The lowest BCUT2D eigenvalue weighted by molar-refractivity contribution is 0.200. The van der Waals surface area contributed by atoms with Gasteiger partial charge in [0.2, 0.25) is 0 Å². The Morgan fingerprint density at radius 2 is 2.24 bits per heavy atom. The van der Waals surface area contributed by atoms with Crippen LogP contribution in [-0.4, -0.2) is 30.3 Å². The molecule has 1 aromatic rings. The average Bonchev–Trinajstić information content (AvgIpc) is 2.67. The van der Waals surface area contributed by atoms with Crippen molar-refractivity contribution >= 4 is 11.4 Å². The fraction of sp³-hybridized carbons (Fsp3) is 0.500. The number of nitrogens with one attached hydrogen (secondary N) is 2. The number of hydrogen-bond acceptors (Lipinski definition) is 5. The van der Waals surface area contributed by atoms with Gasteiger partial charge in [-0.2, -0.15) is 0 Å². The Morgan fingerprint density at radius 3 is 2.82 bits per heavy atom. The molecule has 1 heterocycles. The molecule has 0 saturated carbocycles. The van der Waals surface area contributed by atoms with Crippen LogP contribution in [0.2, 0.25) is 0 Å². The molecule has 3 atom stereocenters. The van der Waals surface area contributed by atoms with Gasteiger partial charge >= 0.3 is 0 Å². The van der Waals surface area contributed by atoms with E-state index in [2.05, 4.69) is 10.6 Å². The van der Waals surface area contributed by atoms with Gasteiger partial charge in [0.25, 0.3) is 0 Å². The maximum atomic E-state index is 9.60. The van der Waals surface area contributed by atoms with Crippen LogP contribution in [0.3, 0.4) is 0 Å². The van der Waals surface area contributed by atoms with Gasteiger partial charge in [-0.05, 0) is 25.1 Å². The summed E-state index contributed by atoms with van der Waals surface area (Å²) in [6.07, 6.45) is -0.563. The maximum absolute atomic E-state index is 9.60. The Morgan fingerprint density at radius 1 is 1.47 bits per heavy atom. The average molecular weight is 236 g/mol. The summed E-state index contributed by atoms with van der Waals surface area (Å²) in [6.45, 7) is 3.39. The Bertz CT molecular complexity index is 394. The Kier molecular flexibility index (Phi) is 3.51. The molecule has 3 unspecified atom stereocenters. The van der Waals surface area contributed by atoms with Crippen LogP contribution in [0, 0.1) is 0 Å². The molecule has 1 fully saturated rings. The van der Waals surface area contributed by atoms with Crippen molar-refractivity contribution in [3.8, 4) is 0 Å². The molecule has 1 aliphatic heterocycles. The summed E-state index contributed by atoms with van der Waals surface area (Å²) in [5, 5.41) is 16.2. The topological polar surface area (TPSA) is 96.3 Å². The zero-order valence-electron chi connectivity index (χ0n) is 9.98. The summed E-state index contributed by atoms with van der Waals surface area (Å²) in [7, 11) is 0. The van der Waals surface area contributed by atoms with Crippen molar-refractivity contribution < 1.29 is 5.11 Å². The fourth-order valence-electron chi connectivity index (χ4n) is 2.10. The first-order chi connectivity index (χ1) is 8.08. The molecule has 5 heteroatoms. The minimum atomic E-state index is -0.563. The van der Waals surface area contributed by atoms with E-state index in [-0.39, 0.29) is 12.1 Å². The predicted molar refractivity (Wildman–Crippen MR) is 69.7 cm³/mol. The lowest BCUT2D eigenvalue weighted by Crippen LogP contribution is -2.38. The third kappa shape index (κ3) is 2.69. The monoisotopic (exact) mass is 236 g/mol. The lowest BCUT2D eigenvalue weighted by Gasteiger charge is -2.19. The van der Waals surface area contributed by atoms with Crippen LogP contribution < -0.4 is 22.1 Å². The molecule has 0 radical (unpaired) electrons. The predicted octanol–water partition coefficient (Wildman–Crippen LogP) is 0.0331. The van der Waals surface area contributed by atoms with Crippen molar-refractivity contribution in [2.75, 3.05) is 24.1 Å². The maximum Gasteiger partial charge on any atom is 0.0782 e. The minimum Gasteiger partial charge on any atom is -0.398 e. The summed E-state index contributed by atoms with van der Waals surface area (Å²) >= 11 is 0. The number of nitrogens with two attached hydrogens (primary N) is 2. The zero-order valence-corrected chi connectivity index (χ0v) is 9.98. The van der Waals surface area contributed by atoms with Gasteiger partial charge in [0.1, 0.15) is 0 Å². The molecule has 2 rings (SSSR count). The van der Waals surface area contributed by atoms with Gasteiger partial charge in [-0.3, -0.25) is 0 Å². The summed E-state index contributed by atoms with van der Waals surface area (Å²) in [6, 6.07) is 5.93. The Balaban J connectivity index is 2.13. The zero-order chi connectivity index (χ0) is 12.4. The SMILES string of the molecule is CC(O)c1cc(NC2CNCC2N)ccc1N. The third-order valence-corrected chi connectivity index (χ3v) is 3.15. The van der Waals surface area contributed by atoms with E-state index in [9.17, 15) is 5.11 Å². The van der Waals surface area contributed by atoms with E-state index in [1.165, 1.54) is 0 Å². The van der Waals surface area contributed by atoms with E-state index in [4.69, 9.17) is 11.5 Å². The fourth-order valence-corrected chi connectivity index (χ4v) is 2.10. The van der Waals surface area contributed by atoms with Gasteiger partial charge in [0, 0.05) is 36.1 Å². The highest BCUT2D eigenvalue weighted by Gasteiger charge is 2.23. The summed E-state index contributed by atoms with van der Waals surface area (Å²) in [5.41, 5.74) is 14.1. The molecule has 0 aliphatic carbocycles. The second kappa shape index (κ2) is 4.91. The molecular weight excluding hydrogens is 216 g/mol. The second-order valence-corrected chi connectivity index (χ2v) is 4.59. The molecular formula is C12H20N4O. The normalized spacial score (nSPS) is 25.8. The number of aliphatic hydroxyl groups excluding tert-OH is 1. The van der Waals surface area contributed by atoms with Crippen LogP contribution in [0.1, 0.15) is 18.6 Å². The highest BCUT2D eigenvalue weighted by molar-refractivity contribution is 5.58. The lowest BCUT2D eigenvalue weighted by atomic mass is 10.1. The van der Waals surface area contributed by atoms with E-state index in [0.29, 0.717) is 5.69 Å². The summed E-state index contributed by atoms with van der Waals surface area (Å²) in [4.78, 5) is 0. The molecule has 0 aromatic heterocycles. The van der Waals surface area contributed by atoms with Gasteiger partial charge in [-0.15, -0.1) is 0 Å². The largest absolute Gasteiger partial charge is 0.398 e. The molecule has 0 amide bonds. The van der Waals surface area contributed by atoms with E-state index >= 15 is 0 Å². The standard InChI is InChI=1S/C12H20N4O/c1-7(17)9-4-8(2-3-10(9)13)16-12-6-15-5-11(12)14/h2-4,7,11-12,15-17H,5-6,13-14H2,1H3. The summed E-state index contributed by atoms with van der Waals surface area (Å²) in [5.74, 6) is 0. The molecule has 94 valence electrons. The number of aliphatic hydroxyl groups is 1. The van der Waals surface area contributed by atoms with Gasteiger partial charge < -0.3 is 27.2 Å². The van der Waals surface area contributed by atoms with Crippen molar-refractivity contribution in [1.82, 2.24) is 5.32 Å². The highest BCUT2D eigenvalue weighted by atomic mass is 16.3. The first-order valence-electron chi connectivity index (χ1n) is 5.88. The van der Waals surface area contributed by atoms with E-state index in [1.807, 2.05) is 12.1 Å². The Labute approximate surface area is 101 Å². The van der Waals surface area contributed by atoms with Crippen LogP contribution in [-0.2, 0) is 0 Å². The van der Waals surface area contributed by atoms with E-state index in [1.54, 1.807) is 13.0 Å². The van der Waals surface area contributed by atoms with Crippen molar-refractivity contribution in [2.45, 2.75) is 25.1 Å². The first kappa shape index (κ1) is 12.2. The molecule has 17 heavy (non-hydrogen) atoms. The molecule has 1 saturated heterocycles. The van der Waals surface area contributed by atoms with Crippen molar-refractivity contribution in [2.24, 2.45) is 5.73 Å². The number of anilines is 2. The van der Waals surface area contributed by atoms with E-state index < -0.39 is 6.10 Å². The number of rotatable bonds is 3. The highest BCUT2D eigenvalue weighted by Crippen LogP contribution is 2.24.